The summed E-state index contributed by atoms with van der Waals surface area (Å²) in [5, 5.41) is 16.4. The lowest BCUT2D eigenvalue weighted by molar-refractivity contribution is -0.0538. The lowest BCUT2D eigenvalue weighted by atomic mass is 9.71. The van der Waals surface area contributed by atoms with Crippen molar-refractivity contribution in [3.63, 3.8) is 0 Å². The molecule has 7 nitrogen and oxygen atoms in total. The molecule has 3 N–H and O–H groups in total. The third-order valence-corrected chi connectivity index (χ3v) is 7.05. The smallest absolute Gasteiger partial charge is 0.497 e. The molecule has 1 aromatic heterocycles. The van der Waals surface area contributed by atoms with Gasteiger partial charge in [0.25, 0.3) is 0 Å². The first-order valence-electron chi connectivity index (χ1n) is 12.4. The summed E-state index contributed by atoms with van der Waals surface area (Å²) >= 11 is 0. The van der Waals surface area contributed by atoms with E-state index in [1.807, 2.05) is 37.3 Å². The van der Waals surface area contributed by atoms with Gasteiger partial charge in [-0.05, 0) is 68.5 Å². The predicted octanol–water partition coefficient (Wildman–Crippen LogP) is 5.50. The monoisotopic (exact) mass is 480 g/mol. The zero-order valence-corrected chi connectivity index (χ0v) is 21.1. The van der Waals surface area contributed by atoms with Crippen molar-refractivity contribution in [3.05, 3.63) is 58.7 Å². The number of methoxy groups -OCH3 is 1. The Hall–Kier alpha value is -3.03. The van der Waals surface area contributed by atoms with E-state index in [4.69, 9.17) is 14.2 Å². The van der Waals surface area contributed by atoms with Crippen molar-refractivity contribution in [3.8, 4) is 11.6 Å². The molecule has 0 amide bonds. The molecule has 2 aromatic carbocycles. The van der Waals surface area contributed by atoms with Gasteiger partial charge in [0.15, 0.2) is 0 Å². The number of carbonyl (C=O) groups excluding carboxylic acids is 1. The number of rotatable bonds is 8. The summed E-state index contributed by atoms with van der Waals surface area (Å²) < 4.78 is 15.9. The Morgan fingerprint density at radius 3 is 2.83 bits per heavy atom. The molecule has 3 aromatic rings. The average molecular weight is 481 g/mol. The van der Waals surface area contributed by atoms with Crippen LogP contribution in [0.3, 0.4) is 0 Å². The Morgan fingerprint density at radius 2 is 2.06 bits per heavy atom. The SMILES string of the molecule is CCOC(=O)Oc1[nH]c2cc(C)cc(C)c2c1CNCC1CCCCC1(O)c1cccc(OC)c1. The highest BCUT2D eigenvalue weighted by atomic mass is 16.7. The highest BCUT2D eigenvalue weighted by Crippen LogP contribution is 2.42. The van der Waals surface area contributed by atoms with Crippen molar-refractivity contribution in [1.29, 1.82) is 0 Å². The first kappa shape index (κ1) is 25.1. The Morgan fingerprint density at radius 1 is 1.23 bits per heavy atom. The van der Waals surface area contributed by atoms with Crippen LogP contribution in [0.25, 0.3) is 10.9 Å². The van der Waals surface area contributed by atoms with E-state index in [1.165, 1.54) is 0 Å². The molecule has 0 radical (unpaired) electrons. The minimum Gasteiger partial charge on any atom is -0.497 e. The summed E-state index contributed by atoms with van der Waals surface area (Å²) in [5.41, 5.74) is 4.02. The molecule has 1 aliphatic rings. The summed E-state index contributed by atoms with van der Waals surface area (Å²) in [6, 6.07) is 11.9. The van der Waals surface area contributed by atoms with Crippen molar-refractivity contribution in [2.75, 3.05) is 20.3 Å². The number of carbonyl (C=O) groups is 1. The van der Waals surface area contributed by atoms with E-state index in [-0.39, 0.29) is 12.5 Å². The second-order valence-corrected chi connectivity index (χ2v) is 9.45. The summed E-state index contributed by atoms with van der Waals surface area (Å²) in [5.74, 6) is 1.19. The molecular weight excluding hydrogens is 444 g/mol. The Kier molecular flexibility index (Phi) is 7.67. The molecule has 4 rings (SSSR count). The number of fused-ring (bicyclic) bond motifs is 1. The van der Waals surface area contributed by atoms with E-state index in [1.54, 1.807) is 14.0 Å². The van der Waals surface area contributed by atoms with Crippen LogP contribution in [-0.2, 0) is 16.9 Å². The van der Waals surface area contributed by atoms with Crippen LogP contribution in [0.1, 0.15) is 54.9 Å². The number of nitrogens with one attached hydrogen (secondary N) is 2. The number of hydrogen-bond acceptors (Lipinski definition) is 6. The van der Waals surface area contributed by atoms with E-state index in [9.17, 15) is 9.90 Å². The quantitative estimate of drug-likeness (QED) is 0.369. The highest BCUT2D eigenvalue weighted by molar-refractivity contribution is 5.90. The number of aromatic nitrogens is 1. The summed E-state index contributed by atoms with van der Waals surface area (Å²) in [7, 11) is 1.64. The second-order valence-electron chi connectivity index (χ2n) is 9.45. The first-order chi connectivity index (χ1) is 16.9. The molecule has 188 valence electrons. The average Bonchev–Trinajstić information content (AvgIpc) is 3.17. The lowest BCUT2D eigenvalue weighted by Crippen LogP contribution is -2.43. The van der Waals surface area contributed by atoms with Gasteiger partial charge < -0.3 is 29.6 Å². The van der Waals surface area contributed by atoms with Crippen molar-refractivity contribution in [2.24, 2.45) is 5.92 Å². The van der Waals surface area contributed by atoms with Crippen LogP contribution in [0.5, 0.6) is 11.6 Å². The summed E-state index contributed by atoms with van der Waals surface area (Å²) in [6.07, 6.45) is 2.99. The van der Waals surface area contributed by atoms with Crippen molar-refractivity contribution >= 4 is 17.1 Å². The van der Waals surface area contributed by atoms with Gasteiger partial charge in [-0.2, -0.15) is 0 Å². The van der Waals surface area contributed by atoms with Crippen molar-refractivity contribution < 1.29 is 24.1 Å². The van der Waals surface area contributed by atoms with E-state index in [2.05, 4.69) is 23.3 Å². The van der Waals surface area contributed by atoms with Gasteiger partial charge in [-0.25, -0.2) is 4.79 Å². The van der Waals surface area contributed by atoms with Gasteiger partial charge >= 0.3 is 6.16 Å². The van der Waals surface area contributed by atoms with Crippen molar-refractivity contribution in [1.82, 2.24) is 10.3 Å². The fraction of sp³-hybridized carbons (Fsp3) is 0.464. The van der Waals surface area contributed by atoms with Gasteiger partial charge in [0.05, 0.1) is 19.3 Å². The van der Waals surface area contributed by atoms with Crippen LogP contribution in [0.4, 0.5) is 4.79 Å². The largest absolute Gasteiger partial charge is 0.515 e. The molecule has 2 unspecified atom stereocenters. The number of aliphatic hydroxyl groups is 1. The second kappa shape index (κ2) is 10.7. The number of hydrogen-bond donors (Lipinski definition) is 3. The van der Waals surface area contributed by atoms with Gasteiger partial charge in [-0.15, -0.1) is 0 Å². The molecular formula is C28H36N2O5. The molecule has 35 heavy (non-hydrogen) atoms. The van der Waals surface area contributed by atoms with Crippen LogP contribution < -0.4 is 14.8 Å². The zero-order valence-electron chi connectivity index (χ0n) is 21.1. The van der Waals surface area contributed by atoms with Gasteiger partial charge in [0, 0.05) is 35.5 Å². The molecule has 0 aliphatic heterocycles. The van der Waals surface area contributed by atoms with E-state index in [0.717, 1.165) is 64.6 Å². The minimum atomic E-state index is -0.919. The number of aryl methyl sites for hydroxylation is 2. The Labute approximate surface area is 206 Å². The first-order valence-corrected chi connectivity index (χ1v) is 12.4. The Balaban J connectivity index is 1.57. The number of H-pyrrole nitrogens is 1. The van der Waals surface area contributed by atoms with Crippen LogP contribution in [-0.4, -0.2) is 36.5 Å². The van der Waals surface area contributed by atoms with Gasteiger partial charge in [-0.1, -0.05) is 31.0 Å². The van der Waals surface area contributed by atoms with E-state index in [0.29, 0.717) is 19.0 Å². The molecule has 2 atom stereocenters. The van der Waals surface area contributed by atoms with Crippen LogP contribution in [0, 0.1) is 19.8 Å². The molecule has 0 saturated heterocycles. The van der Waals surface area contributed by atoms with E-state index >= 15 is 0 Å². The number of benzene rings is 2. The molecule has 1 saturated carbocycles. The molecule has 1 aliphatic carbocycles. The predicted molar refractivity (Wildman–Crippen MR) is 136 cm³/mol. The molecule has 0 bridgehead atoms. The maximum atomic E-state index is 12.1. The standard InChI is InChI=1S/C28H36N2O5/c1-5-34-27(31)35-26-23(25-19(3)13-18(2)14-24(25)30-26)17-29-16-21-9-6-7-12-28(21,32)20-10-8-11-22(15-20)33-4/h8,10-11,13-15,21,29-30,32H,5-7,9,12,16-17H2,1-4H3. The minimum absolute atomic E-state index is 0.0475. The fourth-order valence-electron chi connectivity index (χ4n) is 5.41. The molecule has 1 fully saturated rings. The molecule has 1 heterocycles. The van der Waals surface area contributed by atoms with Crippen LogP contribution in [0.2, 0.25) is 0 Å². The van der Waals surface area contributed by atoms with Gasteiger partial charge in [0.1, 0.15) is 5.75 Å². The molecule has 7 heteroatoms. The summed E-state index contributed by atoms with van der Waals surface area (Å²) in [6.45, 7) is 7.21. The third kappa shape index (κ3) is 5.31. The Bertz CT molecular complexity index is 1190. The van der Waals surface area contributed by atoms with Crippen LogP contribution in [0.15, 0.2) is 36.4 Å². The van der Waals surface area contributed by atoms with Crippen molar-refractivity contribution in [2.45, 2.75) is 58.6 Å². The van der Waals surface area contributed by atoms with Crippen LogP contribution >= 0.6 is 0 Å². The highest BCUT2D eigenvalue weighted by Gasteiger charge is 2.40. The molecule has 0 spiro atoms. The topological polar surface area (TPSA) is 92.8 Å². The summed E-state index contributed by atoms with van der Waals surface area (Å²) in [4.78, 5) is 15.3. The van der Waals surface area contributed by atoms with E-state index < -0.39 is 11.8 Å². The van der Waals surface area contributed by atoms with Gasteiger partial charge in [0.2, 0.25) is 5.88 Å². The van der Waals surface area contributed by atoms with Gasteiger partial charge in [-0.3, -0.25) is 0 Å². The normalized spacial score (nSPS) is 20.1. The maximum Gasteiger partial charge on any atom is 0.515 e. The number of aromatic amines is 1. The fourth-order valence-corrected chi connectivity index (χ4v) is 5.41. The third-order valence-electron chi connectivity index (χ3n) is 7.05. The zero-order chi connectivity index (χ0) is 25.0. The maximum absolute atomic E-state index is 12.1. The number of ether oxygens (including phenoxy) is 3. The lowest BCUT2D eigenvalue weighted by Gasteiger charge is -2.41.